The third-order valence-electron chi connectivity index (χ3n) is 2.89. The highest BCUT2D eigenvalue weighted by molar-refractivity contribution is 6.02. The molecule has 1 aliphatic heterocycles. The summed E-state index contributed by atoms with van der Waals surface area (Å²) in [5.41, 5.74) is 0. The van der Waals surface area contributed by atoms with Gasteiger partial charge in [0.25, 0.3) is 11.8 Å². The summed E-state index contributed by atoms with van der Waals surface area (Å²) in [5.74, 6) is -15.9. The van der Waals surface area contributed by atoms with E-state index in [2.05, 4.69) is 22.7 Å². The van der Waals surface area contributed by atoms with Crippen LogP contribution in [0.3, 0.4) is 0 Å². The van der Waals surface area contributed by atoms with E-state index >= 15 is 0 Å². The average Bonchev–Trinajstić information content (AvgIpc) is 3.00. The fraction of sp³-hybridized carbons (Fsp3) is 0.125. The van der Waals surface area contributed by atoms with E-state index in [-0.39, 0.29) is 12.8 Å². The van der Waals surface area contributed by atoms with Crippen molar-refractivity contribution in [3.05, 3.63) is 54.4 Å². The van der Waals surface area contributed by atoms with Gasteiger partial charge in [-0.25, -0.2) is 22.8 Å². The van der Waals surface area contributed by atoms with E-state index in [1.165, 1.54) is 0 Å². The van der Waals surface area contributed by atoms with Crippen LogP contribution in [0.15, 0.2) is 25.3 Å². The summed E-state index contributed by atoms with van der Waals surface area (Å²) in [6, 6.07) is 0. The second kappa shape index (κ2) is 9.39. The number of hydroxylamine groups is 2. The van der Waals surface area contributed by atoms with Crippen LogP contribution in [0.5, 0.6) is 5.75 Å². The van der Waals surface area contributed by atoms with Crippen LogP contribution in [0.25, 0.3) is 0 Å². The molecular formula is C16H10F5NO6. The zero-order valence-electron chi connectivity index (χ0n) is 13.8. The number of esters is 1. The lowest BCUT2D eigenvalue weighted by molar-refractivity contribution is -0.193. The maximum absolute atomic E-state index is 12.9. The number of rotatable bonds is 4. The number of carbonyl (C=O) groups is 4. The number of hydrogen-bond acceptors (Lipinski definition) is 6. The van der Waals surface area contributed by atoms with Crippen molar-refractivity contribution in [3.8, 4) is 5.75 Å². The van der Waals surface area contributed by atoms with Crippen LogP contribution in [0.1, 0.15) is 12.8 Å². The first-order valence-electron chi connectivity index (χ1n) is 7.10. The van der Waals surface area contributed by atoms with Gasteiger partial charge < -0.3 is 9.57 Å². The number of ether oxygens (including phenoxy) is 1. The first-order valence-corrected chi connectivity index (χ1v) is 7.10. The first kappa shape index (κ1) is 22.5. The molecular weight excluding hydrogens is 397 g/mol. The van der Waals surface area contributed by atoms with Crippen molar-refractivity contribution in [2.75, 3.05) is 0 Å². The molecule has 0 aromatic heterocycles. The molecule has 0 radical (unpaired) electrons. The van der Waals surface area contributed by atoms with Crippen molar-refractivity contribution in [1.29, 1.82) is 0 Å². The molecule has 2 rings (SSSR count). The SMILES string of the molecule is C=CC(=O)ON1C(=O)CCC1=O.C=CC(=O)Oc1c(F)c(F)c(F)c(F)c1F. The normalized spacial score (nSPS) is 12.8. The Hall–Kier alpha value is -3.57. The van der Waals surface area contributed by atoms with Gasteiger partial charge in [-0.1, -0.05) is 13.2 Å². The van der Waals surface area contributed by atoms with Crippen molar-refractivity contribution >= 4 is 23.8 Å². The van der Waals surface area contributed by atoms with Gasteiger partial charge in [0.05, 0.1) is 0 Å². The predicted molar refractivity (Wildman–Crippen MR) is 79.4 cm³/mol. The van der Waals surface area contributed by atoms with Crippen LogP contribution < -0.4 is 4.74 Å². The van der Waals surface area contributed by atoms with Gasteiger partial charge in [-0.2, -0.15) is 8.78 Å². The summed E-state index contributed by atoms with van der Waals surface area (Å²) >= 11 is 0. The van der Waals surface area contributed by atoms with E-state index in [1.807, 2.05) is 0 Å². The molecule has 1 aromatic carbocycles. The minimum atomic E-state index is -2.33. The maximum atomic E-state index is 12.9. The number of benzene rings is 1. The third kappa shape index (κ3) is 4.99. The second-order valence-corrected chi connectivity index (χ2v) is 4.72. The van der Waals surface area contributed by atoms with E-state index in [1.54, 1.807) is 0 Å². The highest BCUT2D eigenvalue weighted by atomic mass is 19.2. The van der Waals surface area contributed by atoms with Crippen molar-refractivity contribution < 1.29 is 50.7 Å². The summed E-state index contributed by atoms with van der Waals surface area (Å²) in [6.07, 6.45) is 1.60. The molecule has 0 saturated carbocycles. The molecule has 1 aromatic rings. The zero-order valence-corrected chi connectivity index (χ0v) is 13.8. The maximum Gasteiger partial charge on any atom is 0.356 e. The number of hydrogen-bond donors (Lipinski definition) is 0. The fourth-order valence-corrected chi connectivity index (χ4v) is 1.60. The average molecular weight is 407 g/mol. The highest BCUT2D eigenvalue weighted by Gasteiger charge is 2.32. The molecule has 0 N–H and O–H groups in total. The quantitative estimate of drug-likeness (QED) is 0.145. The van der Waals surface area contributed by atoms with Crippen molar-refractivity contribution in [1.82, 2.24) is 5.06 Å². The topological polar surface area (TPSA) is 90.0 Å². The Kier molecular flexibility index (Phi) is 7.54. The first-order chi connectivity index (χ1) is 13.0. The molecule has 0 bridgehead atoms. The predicted octanol–water partition coefficient (Wildman–Crippen LogP) is 2.25. The molecule has 1 fully saturated rings. The standard InChI is InChI=1S/C9H3F5O2.C7H7NO4/c1-2-3(15)16-9-7(13)5(11)4(10)6(12)8(9)14;1-2-7(11)12-8-5(9)3-4-6(8)10/h2H,1H2;2H,1,3-4H2. The smallest absolute Gasteiger partial charge is 0.356 e. The van der Waals surface area contributed by atoms with E-state index in [4.69, 9.17) is 0 Å². The van der Waals surface area contributed by atoms with Gasteiger partial charge in [0.2, 0.25) is 34.8 Å². The Morgan fingerprint density at radius 2 is 1.18 bits per heavy atom. The van der Waals surface area contributed by atoms with Crippen molar-refractivity contribution in [3.63, 3.8) is 0 Å². The minimum absolute atomic E-state index is 0.100. The van der Waals surface area contributed by atoms with Crippen molar-refractivity contribution in [2.45, 2.75) is 12.8 Å². The summed E-state index contributed by atoms with van der Waals surface area (Å²) in [7, 11) is 0. The van der Waals surface area contributed by atoms with Gasteiger partial charge in [0, 0.05) is 25.0 Å². The Balaban J connectivity index is 0.000000292. The van der Waals surface area contributed by atoms with Gasteiger partial charge >= 0.3 is 11.9 Å². The lowest BCUT2D eigenvalue weighted by Gasteiger charge is -2.09. The lowest BCUT2D eigenvalue weighted by atomic mass is 10.2. The summed E-state index contributed by atoms with van der Waals surface area (Å²) in [4.78, 5) is 47.2. The Bertz CT molecular complexity index is 825. The summed E-state index contributed by atoms with van der Waals surface area (Å²) in [6.45, 7) is 6.03. The molecule has 0 aliphatic carbocycles. The highest BCUT2D eigenvalue weighted by Crippen LogP contribution is 2.29. The van der Waals surface area contributed by atoms with Crippen molar-refractivity contribution in [2.24, 2.45) is 0 Å². The number of carbonyl (C=O) groups excluding carboxylic acids is 4. The van der Waals surface area contributed by atoms with Crippen LogP contribution in [-0.2, 0) is 24.0 Å². The Labute approximate surface area is 153 Å². The van der Waals surface area contributed by atoms with Gasteiger partial charge in [0.15, 0.2) is 0 Å². The van der Waals surface area contributed by atoms with Gasteiger partial charge in [-0.15, -0.1) is 5.06 Å². The van der Waals surface area contributed by atoms with Crippen LogP contribution >= 0.6 is 0 Å². The van der Waals surface area contributed by atoms with Crippen LogP contribution in [0.4, 0.5) is 22.0 Å². The lowest BCUT2D eigenvalue weighted by Crippen LogP contribution is -2.31. The number of imide groups is 1. The Morgan fingerprint density at radius 1 is 0.786 bits per heavy atom. The second-order valence-electron chi connectivity index (χ2n) is 4.72. The molecule has 1 saturated heterocycles. The molecule has 2 amide bonds. The summed E-state index contributed by atoms with van der Waals surface area (Å²) in [5, 5.41) is 0.476. The molecule has 0 unspecified atom stereocenters. The van der Waals surface area contributed by atoms with Gasteiger partial charge in [-0.05, 0) is 0 Å². The van der Waals surface area contributed by atoms with Crippen LogP contribution in [0.2, 0.25) is 0 Å². The zero-order chi connectivity index (χ0) is 21.6. The molecule has 12 heteroatoms. The molecule has 0 atom stereocenters. The number of nitrogens with zero attached hydrogens (tertiary/aromatic N) is 1. The largest absolute Gasteiger partial charge is 0.417 e. The van der Waals surface area contributed by atoms with E-state index < -0.39 is 58.6 Å². The number of amides is 2. The monoisotopic (exact) mass is 407 g/mol. The van der Waals surface area contributed by atoms with E-state index in [0.717, 1.165) is 6.08 Å². The summed E-state index contributed by atoms with van der Waals surface area (Å²) < 4.78 is 67.3. The van der Waals surface area contributed by atoms with Gasteiger partial charge in [-0.3, -0.25) is 9.59 Å². The molecule has 0 spiro atoms. The Morgan fingerprint density at radius 3 is 1.57 bits per heavy atom. The van der Waals surface area contributed by atoms with E-state index in [9.17, 15) is 41.1 Å². The molecule has 1 aliphatic rings. The third-order valence-corrected chi connectivity index (χ3v) is 2.89. The molecule has 7 nitrogen and oxygen atoms in total. The van der Waals surface area contributed by atoms with Gasteiger partial charge in [0.1, 0.15) is 0 Å². The fourth-order valence-electron chi connectivity index (χ4n) is 1.60. The molecule has 1 heterocycles. The van der Waals surface area contributed by atoms with Crippen LogP contribution in [-0.4, -0.2) is 28.8 Å². The molecule has 150 valence electrons. The number of halogens is 5. The van der Waals surface area contributed by atoms with Crippen LogP contribution in [0, 0.1) is 29.1 Å². The minimum Gasteiger partial charge on any atom is -0.417 e. The van der Waals surface area contributed by atoms with E-state index in [0.29, 0.717) is 11.1 Å². The molecule has 28 heavy (non-hydrogen) atoms.